The molecule has 1 amide bonds. The smallest absolute Gasteiger partial charge is 0.303 e. The number of ether oxygens (including phenoxy) is 2. The van der Waals surface area contributed by atoms with Crippen LogP contribution in [0.3, 0.4) is 0 Å². The van der Waals surface area contributed by atoms with Crippen LogP contribution in [0.25, 0.3) is 0 Å². The lowest BCUT2D eigenvalue weighted by atomic mass is 9.92. The van der Waals surface area contributed by atoms with Gasteiger partial charge in [0, 0.05) is 43.7 Å². The number of carboxylic acids is 1. The van der Waals surface area contributed by atoms with E-state index in [9.17, 15) is 14.7 Å². The van der Waals surface area contributed by atoms with E-state index in [2.05, 4.69) is 35.6 Å². The molecule has 45 heavy (non-hydrogen) atoms. The lowest BCUT2D eigenvalue weighted by molar-refractivity contribution is -0.137. The number of aryl methyl sites for hydroxylation is 1. The Bertz CT molecular complexity index is 1580. The summed E-state index contributed by atoms with van der Waals surface area (Å²) in [5.41, 5.74) is 2.74. The highest BCUT2D eigenvalue weighted by atomic mass is 16.5. The first-order chi connectivity index (χ1) is 22.2. The van der Waals surface area contributed by atoms with Crippen molar-refractivity contribution in [2.45, 2.75) is 65.7 Å². The molecule has 1 aliphatic carbocycles. The number of carboxylic acid groups (broad SMARTS) is 1. The number of benzene rings is 1. The van der Waals surface area contributed by atoms with Gasteiger partial charge in [-0.05, 0) is 91.7 Å². The van der Waals surface area contributed by atoms with Crippen molar-refractivity contribution in [2.75, 3.05) is 43.1 Å². The number of pyridine rings is 2. The largest absolute Gasteiger partial charge is 0.497 e. The second kappa shape index (κ2) is 13.9. The molecule has 1 N–H and O–H groups in total. The van der Waals surface area contributed by atoms with Crippen LogP contribution in [-0.2, 0) is 4.79 Å². The minimum absolute atomic E-state index is 0.0315. The van der Waals surface area contributed by atoms with Crippen LogP contribution < -0.4 is 19.3 Å². The number of hydrogen-bond donors (Lipinski definition) is 1. The van der Waals surface area contributed by atoms with Crippen molar-refractivity contribution in [1.82, 2.24) is 9.97 Å². The summed E-state index contributed by atoms with van der Waals surface area (Å²) in [5, 5.41) is 9.42. The SMILES string of the molecule is [2H]C([2H])(Oc1cc([C@@H](CC(=O)O)C2CC2)ccn1)C1CCN(c2cc(OC)ccc2C(=O)N(CC(C)(C)C)c2cccc(C)n2)CC1. The summed E-state index contributed by atoms with van der Waals surface area (Å²) >= 11 is 0. The Morgan fingerprint density at radius 1 is 1.11 bits per heavy atom. The Hall–Kier alpha value is -4.14. The molecule has 0 unspecified atom stereocenters. The molecule has 1 aromatic carbocycles. The Kier molecular flexibility index (Phi) is 9.12. The summed E-state index contributed by atoms with van der Waals surface area (Å²) in [5.74, 6) is 0.160. The van der Waals surface area contributed by atoms with Crippen molar-refractivity contribution in [3.63, 3.8) is 0 Å². The third kappa shape index (κ3) is 8.53. The van der Waals surface area contributed by atoms with Gasteiger partial charge in [0.15, 0.2) is 0 Å². The summed E-state index contributed by atoms with van der Waals surface area (Å²) in [6.07, 6.45) is 4.57. The Morgan fingerprint density at radius 2 is 1.87 bits per heavy atom. The van der Waals surface area contributed by atoms with Gasteiger partial charge >= 0.3 is 5.97 Å². The average Bonchev–Trinajstić information content (AvgIpc) is 3.87. The van der Waals surface area contributed by atoms with Crippen LogP contribution in [0.15, 0.2) is 54.7 Å². The maximum absolute atomic E-state index is 14.3. The predicted octanol–water partition coefficient (Wildman–Crippen LogP) is 6.75. The molecule has 9 nitrogen and oxygen atoms in total. The fourth-order valence-corrected chi connectivity index (χ4v) is 5.97. The average molecular weight is 617 g/mol. The highest BCUT2D eigenvalue weighted by molar-refractivity contribution is 6.09. The lowest BCUT2D eigenvalue weighted by Crippen LogP contribution is -2.41. The zero-order chi connectivity index (χ0) is 33.9. The number of nitrogens with zero attached hydrogens (tertiary/aromatic N) is 4. The van der Waals surface area contributed by atoms with E-state index in [0.717, 1.165) is 29.8 Å². The fraction of sp³-hybridized carbons (Fsp3) is 0.500. The van der Waals surface area contributed by atoms with Gasteiger partial charge in [0.2, 0.25) is 5.88 Å². The van der Waals surface area contributed by atoms with Gasteiger partial charge in [0.25, 0.3) is 5.91 Å². The molecule has 240 valence electrons. The third-order valence-electron chi connectivity index (χ3n) is 8.40. The van der Waals surface area contributed by atoms with Crippen LogP contribution in [0.2, 0.25) is 0 Å². The van der Waals surface area contributed by atoms with E-state index in [4.69, 9.17) is 12.2 Å². The monoisotopic (exact) mass is 616 g/mol. The molecule has 5 rings (SSSR count). The lowest BCUT2D eigenvalue weighted by Gasteiger charge is -2.36. The number of carbonyl (C=O) groups excluding carboxylic acids is 1. The first kappa shape index (κ1) is 29.6. The van der Waals surface area contributed by atoms with Gasteiger partial charge in [0.05, 0.1) is 34.1 Å². The molecule has 2 aliphatic rings. The van der Waals surface area contributed by atoms with Gasteiger partial charge in [-0.3, -0.25) is 14.5 Å². The van der Waals surface area contributed by atoms with E-state index < -0.39 is 18.4 Å². The van der Waals surface area contributed by atoms with Gasteiger partial charge in [-0.25, -0.2) is 9.97 Å². The fourth-order valence-electron chi connectivity index (χ4n) is 5.97. The summed E-state index contributed by atoms with van der Waals surface area (Å²) in [6, 6.07) is 14.6. The number of aliphatic carboxylic acids is 1. The minimum Gasteiger partial charge on any atom is -0.497 e. The van der Waals surface area contributed by atoms with Crippen molar-refractivity contribution in [3.8, 4) is 11.6 Å². The molecule has 1 atom stereocenters. The van der Waals surface area contributed by atoms with Crippen LogP contribution in [0.4, 0.5) is 11.5 Å². The molecule has 0 radical (unpaired) electrons. The standard InChI is InChI=1S/C36H46N4O5/c1-24-7-6-8-32(38-24)40(23-36(2,3)4)35(43)29-12-11-28(44-5)20-31(29)39-17-14-25(15-18-39)22-45-33-19-27(13-16-37-33)30(21-34(41)42)26-9-10-26/h6-8,11-13,16,19-20,25-26,30H,9-10,14-15,17-18,21-23H2,1-5H3,(H,41,42)/t30-/m0/s1/i22D2. The van der Waals surface area contributed by atoms with Crippen LogP contribution in [0.5, 0.6) is 11.6 Å². The molecular formula is C36H46N4O5. The van der Waals surface area contributed by atoms with E-state index in [0.29, 0.717) is 55.5 Å². The quantitative estimate of drug-likeness (QED) is 0.238. The molecule has 3 heterocycles. The molecule has 1 saturated carbocycles. The first-order valence-electron chi connectivity index (χ1n) is 16.8. The van der Waals surface area contributed by atoms with E-state index in [1.165, 1.54) is 0 Å². The second-order valence-corrected chi connectivity index (χ2v) is 13.4. The normalized spacial score (nSPS) is 17.2. The van der Waals surface area contributed by atoms with E-state index >= 15 is 0 Å². The summed E-state index contributed by atoms with van der Waals surface area (Å²) in [6.45, 7) is 7.68. The molecule has 1 aliphatic heterocycles. The van der Waals surface area contributed by atoms with Crippen LogP contribution in [0.1, 0.15) is 83.2 Å². The molecule has 2 fully saturated rings. The van der Waals surface area contributed by atoms with Gasteiger partial charge < -0.3 is 19.5 Å². The van der Waals surface area contributed by atoms with Crippen LogP contribution in [0, 0.1) is 24.2 Å². The zero-order valence-corrected chi connectivity index (χ0v) is 27.0. The van der Waals surface area contributed by atoms with E-state index in [-0.39, 0.29) is 29.5 Å². The topological polar surface area (TPSA) is 105 Å². The third-order valence-corrected chi connectivity index (χ3v) is 8.40. The Labute approximate surface area is 269 Å². The highest BCUT2D eigenvalue weighted by Gasteiger charge is 2.34. The maximum Gasteiger partial charge on any atom is 0.303 e. The molecule has 0 bridgehead atoms. The number of rotatable bonds is 12. The number of hydrogen-bond acceptors (Lipinski definition) is 7. The number of anilines is 2. The summed E-state index contributed by atoms with van der Waals surface area (Å²) in [7, 11) is 1.60. The summed E-state index contributed by atoms with van der Waals surface area (Å²) in [4.78, 5) is 38.6. The summed E-state index contributed by atoms with van der Waals surface area (Å²) < 4.78 is 29.1. The van der Waals surface area contributed by atoms with Gasteiger partial charge in [0.1, 0.15) is 11.6 Å². The van der Waals surface area contributed by atoms with Crippen molar-refractivity contribution in [3.05, 3.63) is 71.5 Å². The molecule has 2 aromatic heterocycles. The van der Waals surface area contributed by atoms with Crippen molar-refractivity contribution >= 4 is 23.4 Å². The van der Waals surface area contributed by atoms with Crippen LogP contribution in [-0.4, -0.2) is 60.3 Å². The van der Waals surface area contributed by atoms with Crippen molar-refractivity contribution in [2.24, 2.45) is 17.3 Å². The highest BCUT2D eigenvalue weighted by Crippen LogP contribution is 2.45. The molecular weight excluding hydrogens is 568 g/mol. The number of piperidine rings is 1. The van der Waals surface area contributed by atoms with E-state index in [1.54, 1.807) is 42.5 Å². The van der Waals surface area contributed by atoms with Crippen molar-refractivity contribution < 1.29 is 26.9 Å². The number of carbonyl (C=O) groups is 2. The number of methoxy groups -OCH3 is 1. The van der Waals surface area contributed by atoms with Gasteiger partial charge in [-0.2, -0.15) is 0 Å². The van der Waals surface area contributed by atoms with Gasteiger partial charge in [-0.15, -0.1) is 0 Å². The second-order valence-electron chi connectivity index (χ2n) is 13.4. The van der Waals surface area contributed by atoms with Gasteiger partial charge in [-0.1, -0.05) is 26.8 Å². The Balaban J connectivity index is 1.33. The number of amides is 1. The number of aromatic nitrogens is 2. The van der Waals surface area contributed by atoms with E-state index in [1.807, 2.05) is 31.2 Å². The molecule has 1 saturated heterocycles. The zero-order valence-electron chi connectivity index (χ0n) is 29.0. The minimum atomic E-state index is -1.99. The molecule has 3 aromatic rings. The van der Waals surface area contributed by atoms with Crippen molar-refractivity contribution in [1.29, 1.82) is 0 Å². The predicted molar refractivity (Wildman–Crippen MR) is 175 cm³/mol. The first-order valence-corrected chi connectivity index (χ1v) is 15.8. The Morgan fingerprint density at radius 3 is 2.51 bits per heavy atom. The molecule has 0 spiro atoms. The van der Waals surface area contributed by atoms with Crippen LogP contribution >= 0.6 is 0 Å². The maximum atomic E-state index is 14.3. The molecule has 9 heteroatoms.